The molecule has 6 aromatic rings. The monoisotopic (exact) mass is 528 g/mol. The van der Waals surface area contributed by atoms with Crippen molar-refractivity contribution in [2.24, 2.45) is 0 Å². The third kappa shape index (κ3) is 4.78. The number of amides is 1. The van der Waals surface area contributed by atoms with E-state index >= 15 is 0 Å². The number of anilines is 2. The minimum Gasteiger partial charge on any atom is -0.507 e. The smallest absolute Gasteiger partial charge is 0.261 e. The van der Waals surface area contributed by atoms with E-state index in [9.17, 15) is 9.90 Å². The lowest BCUT2D eigenvalue weighted by molar-refractivity contribution is 0.102. The van der Waals surface area contributed by atoms with E-state index in [1.165, 1.54) is 0 Å². The number of para-hydroxylation sites is 1. The first-order valence-electron chi connectivity index (χ1n) is 12.8. The van der Waals surface area contributed by atoms with Gasteiger partial charge in [0.2, 0.25) is 0 Å². The van der Waals surface area contributed by atoms with Gasteiger partial charge in [0, 0.05) is 35.6 Å². The Morgan fingerprint density at radius 2 is 1.82 bits per heavy atom. The Morgan fingerprint density at radius 3 is 2.65 bits per heavy atom. The number of fused-ring (bicyclic) bond motifs is 1. The molecule has 0 saturated carbocycles. The molecule has 0 aliphatic heterocycles. The van der Waals surface area contributed by atoms with Gasteiger partial charge in [-0.25, -0.2) is 4.98 Å². The average molecular weight is 528 g/mol. The van der Waals surface area contributed by atoms with Gasteiger partial charge in [-0.2, -0.15) is 9.61 Å². The van der Waals surface area contributed by atoms with E-state index in [2.05, 4.69) is 20.9 Å². The summed E-state index contributed by atoms with van der Waals surface area (Å²) in [6.45, 7) is 2.19. The quantitative estimate of drug-likeness (QED) is 0.266. The van der Waals surface area contributed by atoms with Crippen LogP contribution in [-0.2, 0) is 6.54 Å². The number of aryl methyl sites for hydroxylation is 1. The van der Waals surface area contributed by atoms with Crippen molar-refractivity contribution in [1.29, 1.82) is 0 Å². The van der Waals surface area contributed by atoms with E-state index in [-0.39, 0.29) is 11.7 Å². The van der Waals surface area contributed by atoms with Crippen LogP contribution < -0.4 is 16.1 Å². The molecule has 3 heterocycles. The third-order valence-corrected chi connectivity index (χ3v) is 6.62. The molecule has 0 atom stereocenters. The zero-order valence-corrected chi connectivity index (χ0v) is 21.9. The summed E-state index contributed by atoms with van der Waals surface area (Å²) < 4.78 is 7.10. The molecular formula is C30H25BN6O3. The molecule has 6 rings (SSSR count). The van der Waals surface area contributed by atoms with E-state index in [0.717, 1.165) is 22.4 Å². The predicted molar refractivity (Wildman–Crippen MR) is 157 cm³/mol. The first-order valence-corrected chi connectivity index (χ1v) is 12.8. The molecule has 0 bridgehead atoms. The largest absolute Gasteiger partial charge is 0.507 e. The molecule has 3 aromatic heterocycles. The van der Waals surface area contributed by atoms with Crippen molar-refractivity contribution in [2.45, 2.75) is 13.5 Å². The summed E-state index contributed by atoms with van der Waals surface area (Å²) in [5.41, 5.74) is 6.20. The second kappa shape index (κ2) is 10.4. The lowest BCUT2D eigenvalue weighted by Crippen LogP contribution is -2.14. The Bertz CT molecular complexity index is 1850. The Balaban J connectivity index is 1.24. The van der Waals surface area contributed by atoms with E-state index in [4.69, 9.17) is 9.51 Å². The predicted octanol–water partition coefficient (Wildman–Crippen LogP) is 4.19. The number of phenols is 1. The maximum atomic E-state index is 13.3. The minimum absolute atomic E-state index is 0.157. The van der Waals surface area contributed by atoms with Crippen LogP contribution in [0.1, 0.15) is 21.7 Å². The van der Waals surface area contributed by atoms with Crippen molar-refractivity contribution in [3.63, 3.8) is 0 Å². The molecule has 9 nitrogen and oxygen atoms in total. The van der Waals surface area contributed by atoms with E-state index in [1.807, 2.05) is 80.6 Å². The van der Waals surface area contributed by atoms with E-state index in [0.29, 0.717) is 46.2 Å². The fourth-order valence-corrected chi connectivity index (χ4v) is 4.60. The molecule has 0 spiro atoms. The molecule has 0 unspecified atom stereocenters. The topological polar surface area (TPSA) is 118 Å². The Kier molecular flexibility index (Phi) is 6.49. The summed E-state index contributed by atoms with van der Waals surface area (Å²) >= 11 is 0. The van der Waals surface area contributed by atoms with Gasteiger partial charge in [-0.1, -0.05) is 59.8 Å². The fraction of sp³-hybridized carbons (Fsp3) is 0.0667. The van der Waals surface area contributed by atoms with Gasteiger partial charge >= 0.3 is 0 Å². The van der Waals surface area contributed by atoms with Crippen LogP contribution in [0.3, 0.4) is 0 Å². The number of nitrogens with one attached hydrogen (secondary N) is 2. The van der Waals surface area contributed by atoms with Crippen molar-refractivity contribution in [3.8, 4) is 28.3 Å². The van der Waals surface area contributed by atoms with Crippen molar-refractivity contribution in [1.82, 2.24) is 19.8 Å². The summed E-state index contributed by atoms with van der Waals surface area (Å²) in [6, 6.07) is 26.1. The van der Waals surface area contributed by atoms with Crippen LogP contribution >= 0.6 is 0 Å². The highest BCUT2D eigenvalue weighted by molar-refractivity contribution is 6.36. The summed E-state index contributed by atoms with van der Waals surface area (Å²) in [4.78, 5) is 18.0. The molecule has 0 saturated heterocycles. The lowest BCUT2D eigenvalue weighted by atomic mass is 10.0. The minimum atomic E-state index is -0.294. The van der Waals surface area contributed by atoms with Crippen LogP contribution in [-0.4, -0.2) is 38.6 Å². The van der Waals surface area contributed by atoms with Crippen molar-refractivity contribution in [3.05, 3.63) is 108 Å². The normalized spacial score (nSPS) is 11.0. The first-order chi connectivity index (χ1) is 19.5. The molecule has 0 radical (unpaired) electrons. The molecule has 196 valence electrons. The van der Waals surface area contributed by atoms with Crippen LogP contribution in [0.25, 0.3) is 28.2 Å². The highest BCUT2D eigenvalue weighted by atomic mass is 16.5. The summed E-state index contributed by atoms with van der Waals surface area (Å²) in [5.74, 6) is 1.03. The number of aromatic hydroxyl groups is 1. The van der Waals surface area contributed by atoms with Crippen LogP contribution in [0.5, 0.6) is 5.75 Å². The number of nitrogens with zero attached hydrogens (tertiary/aromatic N) is 4. The van der Waals surface area contributed by atoms with Crippen molar-refractivity contribution in [2.75, 3.05) is 10.6 Å². The number of carbonyl (C=O) groups is 1. The number of rotatable bonds is 7. The van der Waals surface area contributed by atoms with Gasteiger partial charge in [0.05, 0.1) is 5.69 Å². The van der Waals surface area contributed by atoms with Gasteiger partial charge in [0.15, 0.2) is 5.65 Å². The average Bonchev–Trinajstić information content (AvgIpc) is 3.55. The molecule has 1 amide bonds. The molecule has 10 heteroatoms. The number of phenolic OH excluding ortho intramolecular Hbond substituents is 1. The fourth-order valence-electron chi connectivity index (χ4n) is 4.60. The van der Waals surface area contributed by atoms with Gasteiger partial charge in [0.25, 0.3) is 5.91 Å². The molecule has 40 heavy (non-hydrogen) atoms. The molecule has 0 fully saturated rings. The zero-order chi connectivity index (χ0) is 27.6. The van der Waals surface area contributed by atoms with E-state index < -0.39 is 0 Å². The Morgan fingerprint density at radius 1 is 1.02 bits per heavy atom. The van der Waals surface area contributed by atoms with Gasteiger partial charge in [-0.15, -0.1) is 0 Å². The SMILES string of the molecule is Bc1cnn2c(NCc3cccc(NC(=O)c4c(-c5ccccc5)noc4C)c3)cc(-c3ccccc3O)nc12. The third-order valence-electron chi connectivity index (χ3n) is 6.62. The highest BCUT2D eigenvalue weighted by Gasteiger charge is 2.22. The highest BCUT2D eigenvalue weighted by Crippen LogP contribution is 2.30. The standard InChI is InChI=1S/C30H25BN6O3/c1-18-27(28(36-40-18)20-9-3-2-4-10-20)30(39)34-21-11-7-8-19(14-21)16-32-26-15-24(22-12-5-6-13-25(22)38)35-29-23(31)17-33-37(26)29/h2-15,17,32,38H,16,31H2,1H3,(H,34,39). The lowest BCUT2D eigenvalue weighted by Gasteiger charge is -2.13. The maximum Gasteiger partial charge on any atom is 0.261 e. The van der Waals surface area contributed by atoms with Crippen molar-refractivity contribution >= 4 is 36.4 Å². The number of hydrogen-bond donors (Lipinski definition) is 3. The second-order valence-electron chi connectivity index (χ2n) is 9.44. The Hall–Kier alpha value is -5.38. The number of hydrogen-bond acceptors (Lipinski definition) is 7. The summed E-state index contributed by atoms with van der Waals surface area (Å²) in [5, 5.41) is 25.4. The van der Waals surface area contributed by atoms with Gasteiger partial charge < -0.3 is 20.3 Å². The summed E-state index contributed by atoms with van der Waals surface area (Å²) in [7, 11) is 1.94. The molecule has 0 aliphatic carbocycles. The zero-order valence-electron chi connectivity index (χ0n) is 21.9. The Labute approximate surface area is 230 Å². The van der Waals surface area contributed by atoms with Gasteiger partial charge in [0.1, 0.15) is 36.4 Å². The van der Waals surface area contributed by atoms with E-state index in [1.54, 1.807) is 29.8 Å². The summed E-state index contributed by atoms with van der Waals surface area (Å²) in [6.07, 6.45) is 1.76. The van der Waals surface area contributed by atoms with Crippen LogP contribution in [0, 0.1) is 6.92 Å². The van der Waals surface area contributed by atoms with Gasteiger partial charge in [-0.05, 0) is 42.2 Å². The number of carbonyl (C=O) groups excluding carboxylic acids is 1. The first kappa shape index (κ1) is 24.9. The maximum absolute atomic E-state index is 13.3. The molecular weight excluding hydrogens is 503 g/mol. The van der Waals surface area contributed by atoms with Crippen LogP contribution in [0.2, 0.25) is 0 Å². The van der Waals surface area contributed by atoms with Crippen molar-refractivity contribution < 1.29 is 14.4 Å². The number of benzene rings is 3. The molecule has 3 aromatic carbocycles. The van der Waals surface area contributed by atoms with Crippen LogP contribution in [0.4, 0.5) is 11.5 Å². The molecule has 0 aliphatic rings. The molecule has 3 N–H and O–H groups in total. The van der Waals surface area contributed by atoms with Crippen LogP contribution in [0.15, 0.2) is 95.6 Å². The second-order valence-corrected chi connectivity index (χ2v) is 9.44. The number of aromatic nitrogens is 4. The van der Waals surface area contributed by atoms with Gasteiger partial charge in [-0.3, -0.25) is 4.79 Å².